The number of ether oxygens (including phenoxy) is 2. The fourth-order valence-electron chi connectivity index (χ4n) is 3.88. The van der Waals surface area contributed by atoms with Crippen LogP contribution in [-0.2, 0) is 22.3 Å². The Morgan fingerprint density at radius 3 is 1.64 bits per heavy atom. The van der Waals surface area contributed by atoms with Crippen LogP contribution < -0.4 is 10.6 Å². The van der Waals surface area contributed by atoms with E-state index in [1.807, 2.05) is 48.5 Å². The number of unbranched alkanes of at least 4 members (excludes halogenated alkanes) is 6. The predicted octanol–water partition coefficient (Wildman–Crippen LogP) is 8.51. The summed E-state index contributed by atoms with van der Waals surface area (Å²) in [5.41, 5.74) is 3.94. The minimum atomic E-state index is -0.517. The van der Waals surface area contributed by atoms with Gasteiger partial charge >= 0.3 is 12.2 Å². The maximum atomic E-state index is 12.2. The molecule has 2 aromatic carbocycles. The van der Waals surface area contributed by atoms with Gasteiger partial charge in [0.25, 0.3) is 0 Å². The van der Waals surface area contributed by atoms with E-state index in [4.69, 9.17) is 9.47 Å². The van der Waals surface area contributed by atoms with E-state index >= 15 is 0 Å². The maximum Gasteiger partial charge on any atom is 0.411 e. The van der Waals surface area contributed by atoms with Crippen LogP contribution in [0.3, 0.4) is 0 Å². The van der Waals surface area contributed by atoms with Crippen molar-refractivity contribution in [3.8, 4) is 0 Å². The predicted molar refractivity (Wildman–Crippen MR) is 148 cm³/mol. The monoisotopic (exact) mass is 496 g/mol. The van der Waals surface area contributed by atoms with Crippen LogP contribution in [-0.4, -0.2) is 24.9 Å². The van der Waals surface area contributed by atoms with Crippen LogP contribution in [0.15, 0.2) is 48.5 Å². The Kier molecular flexibility index (Phi) is 14.1. The van der Waals surface area contributed by atoms with Crippen LogP contribution in [0.5, 0.6) is 0 Å². The molecule has 0 bridgehead atoms. The van der Waals surface area contributed by atoms with Crippen LogP contribution in [0.1, 0.15) is 89.7 Å². The van der Waals surface area contributed by atoms with Crippen LogP contribution >= 0.6 is 0 Å². The van der Waals surface area contributed by atoms with E-state index in [9.17, 15) is 9.59 Å². The molecule has 36 heavy (non-hydrogen) atoms. The van der Waals surface area contributed by atoms with Crippen molar-refractivity contribution in [3.05, 3.63) is 59.7 Å². The number of amides is 2. The first-order valence-corrected chi connectivity index (χ1v) is 13.6. The van der Waals surface area contributed by atoms with Gasteiger partial charge in [0.1, 0.15) is 6.10 Å². The Hall–Kier alpha value is -3.02. The third-order valence-electron chi connectivity index (χ3n) is 6.10. The van der Waals surface area contributed by atoms with Crippen molar-refractivity contribution < 1.29 is 19.1 Å². The molecule has 0 saturated carbocycles. The fourth-order valence-corrected chi connectivity index (χ4v) is 3.88. The second kappa shape index (κ2) is 17.4. The number of rotatable bonds is 16. The Labute approximate surface area is 217 Å². The number of nitrogens with one attached hydrogen (secondary N) is 2. The van der Waals surface area contributed by atoms with Gasteiger partial charge in [-0.3, -0.25) is 10.6 Å². The smallest absolute Gasteiger partial charge is 0.411 e. The van der Waals surface area contributed by atoms with E-state index in [1.54, 1.807) is 6.92 Å². The highest BCUT2D eigenvalue weighted by molar-refractivity contribution is 5.85. The lowest BCUT2D eigenvalue weighted by Gasteiger charge is -2.14. The molecule has 198 valence electrons. The summed E-state index contributed by atoms with van der Waals surface area (Å²) in [6.07, 6.45) is 11.0. The number of aryl methyl sites for hydroxylation is 2. The number of anilines is 2. The molecular weight excluding hydrogens is 452 g/mol. The summed E-state index contributed by atoms with van der Waals surface area (Å²) < 4.78 is 10.6. The summed E-state index contributed by atoms with van der Waals surface area (Å²) in [5.74, 6) is 0. The molecule has 1 unspecified atom stereocenters. The van der Waals surface area contributed by atoms with Gasteiger partial charge in [0.2, 0.25) is 0 Å². The Morgan fingerprint density at radius 1 is 0.694 bits per heavy atom. The van der Waals surface area contributed by atoms with Gasteiger partial charge in [-0.1, -0.05) is 76.6 Å². The van der Waals surface area contributed by atoms with Crippen molar-refractivity contribution in [1.29, 1.82) is 0 Å². The summed E-state index contributed by atoms with van der Waals surface area (Å²) in [4.78, 5) is 24.2. The van der Waals surface area contributed by atoms with Gasteiger partial charge < -0.3 is 9.47 Å². The second-order valence-electron chi connectivity index (χ2n) is 9.41. The molecule has 1 atom stereocenters. The standard InChI is InChI=1S/C30H44N2O4/c1-4-6-8-10-12-25-14-18-27(19-15-25)31-29(33)35-23-22-24(3)36-30(34)32-28-20-16-26(17-21-28)13-11-9-7-5-2/h14-21,24H,4-13,22-23H2,1-3H3,(H,31,33)(H,32,34). The van der Waals surface area contributed by atoms with Crippen molar-refractivity contribution in [3.63, 3.8) is 0 Å². The van der Waals surface area contributed by atoms with E-state index in [0.29, 0.717) is 17.8 Å². The Balaban J connectivity index is 1.60. The molecule has 6 nitrogen and oxygen atoms in total. The van der Waals surface area contributed by atoms with Gasteiger partial charge in [-0.15, -0.1) is 0 Å². The molecule has 0 aliphatic carbocycles. The molecule has 6 heteroatoms. The van der Waals surface area contributed by atoms with Gasteiger partial charge in [-0.05, 0) is 68.0 Å². The van der Waals surface area contributed by atoms with Crippen molar-refractivity contribution >= 4 is 23.6 Å². The summed E-state index contributed by atoms with van der Waals surface area (Å²) in [5, 5.41) is 5.49. The molecule has 2 rings (SSSR count). The highest BCUT2D eigenvalue weighted by Gasteiger charge is 2.11. The lowest BCUT2D eigenvalue weighted by Crippen LogP contribution is -2.22. The average Bonchev–Trinajstić information content (AvgIpc) is 2.86. The lowest BCUT2D eigenvalue weighted by molar-refractivity contribution is 0.0943. The molecule has 0 aromatic heterocycles. The van der Waals surface area contributed by atoms with E-state index < -0.39 is 12.2 Å². The Morgan fingerprint density at radius 2 is 1.17 bits per heavy atom. The lowest BCUT2D eigenvalue weighted by atomic mass is 10.1. The zero-order valence-electron chi connectivity index (χ0n) is 22.3. The normalized spacial score (nSPS) is 11.5. The molecule has 2 N–H and O–H groups in total. The minimum Gasteiger partial charge on any atom is -0.449 e. The van der Waals surface area contributed by atoms with E-state index in [0.717, 1.165) is 12.8 Å². The van der Waals surface area contributed by atoms with Gasteiger partial charge in [0.05, 0.1) is 6.61 Å². The average molecular weight is 497 g/mol. The molecular formula is C30H44N2O4. The van der Waals surface area contributed by atoms with E-state index in [1.165, 1.54) is 62.5 Å². The first-order chi connectivity index (χ1) is 17.5. The van der Waals surface area contributed by atoms with Crippen molar-refractivity contribution in [2.75, 3.05) is 17.2 Å². The van der Waals surface area contributed by atoms with Crippen molar-refractivity contribution in [2.45, 2.75) is 97.5 Å². The van der Waals surface area contributed by atoms with Crippen LogP contribution in [0.2, 0.25) is 0 Å². The maximum absolute atomic E-state index is 12.2. The Bertz CT molecular complexity index is 881. The number of benzene rings is 2. The van der Waals surface area contributed by atoms with Crippen LogP contribution in [0, 0.1) is 0 Å². The zero-order valence-corrected chi connectivity index (χ0v) is 22.3. The third kappa shape index (κ3) is 12.6. The quantitative estimate of drug-likeness (QED) is 0.228. The van der Waals surface area contributed by atoms with Crippen LogP contribution in [0.4, 0.5) is 21.0 Å². The highest BCUT2D eigenvalue weighted by atomic mass is 16.6. The molecule has 2 amide bonds. The molecule has 0 aliphatic rings. The molecule has 0 heterocycles. The van der Waals surface area contributed by atoms with Gasteiger partial charge in [0.15, 0.2) is 0 Å². The first kappa shape index (κ1) is 29.2. The summed E-state index contributed by atoms with van der Waals surface area (Å²) in [6.45, 7) is 6.35. The molecule has 0 radical (unpaired) electrons. The fraction of sp³-hybridized carbons (Fsp3) is 0.533. The van der Waals surface area contributed by atoms with Gasteiger partial charge in [-0.2, -0.15) is 0 Å². The summed E-state index contributed by atoms with van der Waals surface area (Å²) in [6, 6.07) is 15.7. The third-order valence-corrected chi connectivity index (χ3v) is 6.10. The number of carbonyl (C=O) groups is 2. The van der Waals surface area contributed by atoms with E-state index in [2.05, 4.69) is 24.5 Å². The van der Waals surface area contributed by atoms with E-state index in [-0.39, 0.29) is 12.7 Å². The summed E-state index contributed by atoms with van der Waals surface area (Å²) >= 11 is 0. The molecule has 0 spiro atoms. The number of hydrogen-bond donors (Lipinski definition) is 2. The van der Waals surface area contributed by atoms with Gasteiger partial charge in [-0.25, -0.2) is 9.59 Å². The highest BCUT2D eigenvalue weighted by Crippen LogP contribution is 2.15. The SMILES string of the molecule is CCCCCCc1ccc(NC(=O)OCCC(C)OC(=O)Nc2ccc(CCCCCC)cc2)cc1. The number of carbonyl (C=O) groups excluding carboxylic acids is 2. The van der Waals surface area contributed by atoms with Crippen molar-refractivity contribution in [2.24, 2.45) is 0 Å². The minimum absolute atomic E-state index is 0.155. The molecule has 0 saturated heterocycles. The topological polar surface area (TPSA) is 76.7 Å². The van der Waals surface area contributed by atoms with Gasteiger partial charge in [0, 0.05) is 17.8 Å². The zero-order chi connectivity index (χ0) is 26.0. The van der Waals surface area contributed by atoms with Crippen LogP contribution in [0.25, 0.3) is 0 Å². The molecule has 0 aliphatic heterocycles. The van der Waals surface area contributed by atoms with Crippen molar-refractivity contribution in [1.82, 2.24) is 0 Å². The summed E-state index contributed by atoms with van der Waals surface area (Å²) in [7, 11) is 0. The second-order valence-corrected chi connectivity index (χ2v) is 9.41. The molecule has 2 aromatic rings. The molecule has 0 fully saturated rings. The first-order valence-electron chi connectivity index (χ1n) is 13.6. The number of hydrogen-bond acceptors (Lipinski definition) is 4. The largest absolute Gasteiger partial charge is 0.449 e.